The first-order chi connectivity index (χ1) is 6.17. The molecular formula is C9H15ClN2O. The van der Waals surface area contributed by atoms with Crippen molar-refractivity contribution in [2.24, 2.45) is 0 Å². The van der Waals surface area contributed by atoms with Gasteiger partial charge in [0.05, 0.1) is 12.5 Å². The van der Waals surface area contributed by atoms with E-state index in [0.29, 0.717) is 13.0 Å². The molecule has 0 radical (unpaired) electrons. The van der Waals surface area contributed by atoms with E-state index in [-0.39, 0.29) is 17.8 Å². The van der Waals surface area contributed by atoms with E-state index >= 15 is 0 Å². The van der Waals surface area contributed by atoms with Gasteiger partial charge in [0.15, 0.2) is 0 Å². The van der Waals surface area contributed by atoms with Gasteiger partial charge in [-0.05, 0) is 13.3 Å². The SMILES string of the molecule is CCC(C)N(CCC#N)C(=O)CCl. The third-order valence-electron chi connectivity index (χ3n) is 2.02. The van der Waals surface area contributed by atoms with Gasteiger partial charge >= 0.3 is 0 Å². The zero-order valence-corrected chi connectivity index (χ0v) is 8.84. The van der Waals surface area contributed by atoms with Crippen molar-refractivity contribution < 1.29 is 4.79 Å². The maximum absolute atomic E-state index is 11.3. The Kier molecular flexibility index (Phi) is 6.34. The van der Waals surface area contributed by atoms with Gasteiger partial charge in [-0.15, -0.1) is 11.6 Å². The van der Waals surface area contributed by atoms with Crippen LogP contribution >= 0.6 is 11.6 Å². The Morgan fingerprint density at radius 2 is 2.31 bits per heavy atom. The molecule has 0 aliphatic rings. The summed E-state index contributed by atoms with van der Waals surface area (Å²) in [4.78, 5) is 13.0. The van der Waals surface area contributed by atoms with Crippen molar-refractivity contribution in [2.45, 2.75) is 32.7 Å². The number of nitriles is 1. The predicted octanol–water partition coefficient (Wildman–Crippen LogP) is 1.77. The molecule has 3 nitrogen and oxygen atoms in total. The number of rotatable bonds is 5. The maximum atomic E-state index is 11.3. The molecule has 0 saturated carbocycles. The Morgan fingerprint density at radius 1 is 1.69 bits per heavy atom. The van der Waals surface area contributed by atoms with Crippen LogP contribution in [0.5, 0.6) is 0 Å². The van der Waals surface area contributed by atoms with E-state index in [1.165, 1.54) is 0 Å². The highest BCUT2D eigenvalue weighted by Crippen LogP contribution is 2.05. The van der Waals surface area contributed by atoms with Crippen molar-refractivity contribution in [1.82, 2.24) is 4.90 Å². The Balaban J connectivity index is 4.19. The molecule has 1 amide bonds. The van der Waals surface area contributed by atoms with Gasteiger partial charge in [0.2, 0.25) is 5.91 Å². The molecule has 0 fully saturated rings. The molecular weight excluding hydrogens is 188 g/mol. The second-order valence-electron chi connectivity index (χ2n) is 2.89. The predicted molar refractivity (Wildman–Crippen MR) is 52.4 cm³/mol. The molecule has 13 heavy (non-hydrogen) atoms. The zero-order chi connectivity index (χ0) is 10.3. The Labute approximate surface area is 84.3 Å². The van der Waals surface area contributed by atoms with Crippen LogP contribution in [0.15, 0.2) is 0 Å². The van der Waals surface area contributed by atoms with E-state index < -0.39 is 0 Å². The van der Waals surface area contributed by atoms with Gasteiger partial charge < -0.3 is 4.90 Å². The van der Waals surface area contributed by atoms with Gasteiger partial charge in [-0.2, -0.15) is 5.26 Å². The highest BCUT2D eigenvalue weighted by Gasteiger charge is 2.16. The summed E-state index contributed by atoms with van der Waals surface area (Å²) in [6, 6.07) is 2.19. The minimum absolute atomic E-state index is 0.00420. The molecule has 74 valence electrons. The standard InChI is InChI=1S/C9H15ClN2O/c1-3-8(2)12(6-4-5-11)9(13)7-10/h8H,3-4,6-7H2,1-2H3. The summed E-state index contributed by atoms with van der Waals surface area (Å²) in [5, 5.41) is 8.40. The number of carbonyl (C=O) groups is 1. The lowest BCUT2D eigenvalue weighted by molar-refractivity contribution is -0.130. The van der Waals surface area contributed by atoms with E-state index in [0.717, 1.165) is 6.42 Å². The van der Waals surface area contributed by atoms with E-state index in [1.807, 2.05) is 19.9 Å². The molecule has 0 rings (SSSR count). The van der Waals surface area contributed by atoms with Crippen LogP contribution in [-0.4, -0.2) is 29.3 Å². The average molecular weight is 203 g/mol. The van der Waals surface area contributed by atoms with E-state index in [1.54, 1.807) is 4.90 Å². The summed E-state index contributed by atoms with van der Waals surface area (Å²) in [5.74, 6) is -0.0956. The molecule has 0 aliphatic carbocycles. The maximum Gasteiger partial charge on any atom is 0.237 e. The Bertz CT molecular complexity index is 200. The van der Waals surface area contributed by atoms with Gasteiger partial charge in [-0.25, -0.2) is 0 Å². The molecule has 0 spiro atoms. The summed E-state index contributed by atoms with van der Waals surface area (Å²) >= 11 is 5.45. The second kappa shape index (κ2) is 6.73. The number of alkyl halides is 1. The lowest BCUT2D eigenvalue weighted by atomic mass is 10.2. The van der Waals surface area contributed by atoms with Crippen molar-refractivity contribution in [2.75, 3.05) is 12.4 Å². The second-order valence-corrected chi connectivity index (χ2v) is 3.15. The first-order valence-electron chi connectivity index (χ1n) is 4.39. The summed E-state index contributed by atoms with van der Waals surface area (Å²) < 4.78 is 0. The molecule has 0 heterocycles. The zero-order valence-electron chi connectivity index (χ0n) is 8.09. The van der Waals surface area contributed by atoms with E-state index in [9.17, 15) is 4.79 Å². The number of nitrogens with zero attached hydrogens (tertiary/aromatic N) is 2. The van der Waals surface area contributed by atoms with Gasteiger partial charge in [0.25, 0.3) is 0 Å². The number of halogens is 1. The lowest BCUT2D eigenvalue weighted by Crippen LogP contribution is -2.39. The summed E-state index contributed by atoms with van der Waals surface area (Å²) in [7, 11) is 0. The molecule has 0 saturated heterocycles. The monoisotopic (exact) mass is 202 g/mol. The van der Waals surface area contributed by atoms with Crippen LogP contribution in [0.3, 0.4) is 0 Å². The lowest BCUT2D eigenvalue weighted by Gasteiger charge is -2.26. The van der Waals surface area contributed by atoms with Crippen molar-refractivity contribution in [3.05, 3.63) is 0 Å². The van der Waals surface area contributed by atoms with Crippen molar-refractivity contribution in [1.29, 1.82) is 5.26 Å². The van der Waals surface area contributed by atoms with E-state index in [4.69, 9.17) is 16.9 Å². The van der Waals surface area contributed by atoms with Crippen molar-refractivity contribution in [3.63, 3.8) is 0 Å². The third-order valence-corrected chi connectivity index (χ3v) is 2.25. The number of hydrogen-bond donors (Lipinski definition) is 0. The fraction of sp³-hybridized carbons (Fsp3) is 0.778. The van der Waals surface area contributed by atoms with Crippen LogP contribution in [0, 0.1) is 11.3 Å². The number of amides is 1. The first kappa shape index (κ1) is 12.2. The average Bonchev–Trinajstić information content (AvgIpc) is 2.17. The molecule has 0 N–H and O–H groups in total. The number of carbonyl (C=O) groups excluding carboxylic acids is 1. The quantitative estimate of drug-likeness (QED) is 0.638. The van der Waals surface area contributed by atoms with Crippen molar-refractivity contribution in [3.8, 4) is 6.07 Å². The van der Waals surface area contributed by atoms with Gasteiger partial charge in [-0.1, -0.05) is 6.92 Å². The fourth-order valence-corrected chi connectivity index (χ4v) is 1.21. The van der Waals surface area contributed by atoms with Gasteiger partial charge in [0.1, 0.15) is 5.88 Å². The molecule has 0 aromatic rings. The van der Waals surface area contributed by atoms with Crippen LogP contribution in [0.25, 0.3) is 0 Å². The minimum atomic E-state index is -0.0914. The highest BCUT2D eigenvalue weighted by molar-refractivity contribution is 6.27. The first-order valence-corrected chi connectivity index (χ1v) is 4.93. The molecule has 0 aliphatic heterocycles. The van der Waals surface area contributed by atoms with Crippen LogP contribution in [-0.2, 0) is 4.79 Å². The normalized spacial score (nSPS) is 11.8. The Hall–Kier alpha value is -0.750. The molecule has 0 bridgehead atoms. The van der Waals surface area contributed by atoms with Gasteiger partial charge in [-0.3, -0.25) is 4.79 Å². The molecule has 0 aromatic carbocycles. The topological polar surface area (TPSA) is 44.1 Å². The molecule has 0 aromatic heterocycles. The highest BCUT2D eigenvalue weighted by atomic mass is 35.5. The molecule has 1 atom stereocenters. The summed E-state index contributed by atoms with van der Waals surface area (Å²) in [6.07, 6.45) is 1.25. The minimum Gasteiger partial charge on any atom is -0.338 e. The molecule has 4 heteroatoms. The van der Waals surface area contributed by atoms with E-state index in [2.05, 4.69) is 0 Å². The smallest absolute Gasteiger partial charge is 0.237 e. The van der Waals surface area contributed by atoms with Crippen LogP contribution in [0.1, 0.15) is 26.7 Å². The summed E-state index contributed by atoms with van der Waals surface area (Å²) in [6.45, 7) is 4.45. The van der Waals surface area contributed by atoms with Crippen LogP contribution in [0.4, 0.5) is 0 Å². The Morgan fingerprint density at radius 3 is 2.69 bits per heavy atom. The fourth-order valence-electron chi connectivity index (χ4n) is 1.06. The van der Waals surface area contributed by atoms with Crippen LogP contribution < -0.4 is 0 Å². The van der Waals surface area contributed by atoms with Gasteiger partial charge in [0, 0.05) is 12.6 Å². The van der Waals surface area contributed by atoms with Crippen LogP contribution in [0.2, 0.25) is 0 Å². The van der Waals surface area contributed by atoms with Crippen molar-refractivity contribution >= 4 is 17.5 Å². The third kappa shape index (κ3) is 4.14. The molecule has 1 unspecified atom stereocenters. The summed E-state index contributed by atoms with van der Waals surface area (Å²) in [5.41, 5.74) is 0. The number of hydrogen-bond acceptors (Lipinski definition) is 2. The largest absolute Gasteiger partial charge is 0.338 e.